The van der Waals surface area contributed by atoms with Crippen molar-refractivity contribution in [1.82, 2.24) is 19.3 Å². The number of pyridine rings is 1. The van der Waals surface area contributed by atoms with Crippen LogP contribution in [-0.2, 0) is 6.54 Å². The molecular formula is C22H22N4OS. The first-order valence-corrected chi connectivity index (χ1v) is 10.5. The van der Waals surface area contributed by atoms with Crippen LogP contribution < -0.4 is 5.56 Å². The summed E-state index contributed by atoms with van der Waals surface area (Å²) in [5.74, 6) is 0.454. The molecule has 4 aromatic rings. The second-order valence-electron chi connectivity index (χ2n) is 7.61. The van der Waals surface area contributed by atoms with Crippen molar-refractivity contribution in [2.24, 2.45) is 0 Å². The molecule has 1 fully saturated rings. The van der Waals surface area contributed by atoms with E-state index in [0.29, 0.717) is 12.5 Å². The Kier molecular flexibility index (Phi) is 4.45. The summed E-state index contributed by atoms with van der Waals surface area (Å²) in [7, 11) is 0. The molecule has 0 amide bonds. The van der Waals surface area contributed by atoms with Crippen LogP contribution in [0.4, 0.5) is 0 Å². The number of benzene rings is 1. The van der Waals surface area contributed by atoms with Crippen molar-refractivity contribution in [2.45, 2.75) is 32.2 Å². The molecule has 1 unspecified atom stereocenters. The molecule has 0 bridgehead atoms. The van der Waals surface area contributed by atoms with Crippen molar-refractivity contribution in [1.29, 1.82) is 0 Å². The minimum atomic E-state index is -0.0141. The Bertz CT molecular complexity index is 1180. The Morgan fingerprint density at radius 1 is 1.18 bits per heavy atom. The van der Waals surface area contributed by atoms with Gasteiger partial charge in [-0.25, -0.2) is 9.97 Å². The van der Waals surface area contributed by atoms with Gasteiger partial charge in [0.2, 0.25) is 0 Å². The number of fused-ring (bicyclic) bond motifs is 2. The Balaban J connectivity index is 1.38. The molecule has 5 nitrogen and oxygen atoms in total. The standard InChI is InChI=1S/C22H22N4OS/c1-15-8-10-26-20(11-15)23-17(12-21(26)27)14-25-9-4-5-16(13-25)22-24-18-6-2-3-7-19(18)28-22/h2-3,6-8,10-12,16H,4-5,9,13-14H2,1H3. The molecule has 1 atom stereocenters. The zero-order valence-corrected chi connectivity index (χ0v) is 16.7. The lowest BCUT2D eigenvalue weighted by Crippen LogP contribution is -2.34. The van der Waals surface area contributed by atoms with Crippen molar-refractivity contribution >= 4 is 27.2 Å². The summed E-state index contributed by atoms with van der Waals surface area (Å²) in [6.07, 6.45) is 4.11. The summed E-state index contributed by atoms with van der Waals surface area (Å²) >= 11 is 1.81. The third kappa shape index (κ3) is 3.34. The molecule has 1 aliphatic heterocycles. The summed E-state index contributed by atoms with van der Waals surface area (Å²) in [6, 6.07) is 13.9. The molecule has 0 spiro atoms. The van der Waals surface area contributed by atoms with Gasteiger partial charge in [0.1, 0.15) is 5.65 Å². The summed E-state index contributed by atoms with van der Waals surface area (Å²) < 4.78 is 2.87. The van der Waals surface area contributed by atoms with Gasteiger partial charge in [0.15, 0.2) is 0 Å². The van der Waals surface area contributed by atoms with Crippen LogP contribution in [0.2, 0.25) is 0 Å². The number of rotatable bonds is 3. The molecular weight excluding hydrogens is 368 g/mol. The second kappa shape index (κ2) is 7.11. The van der Waals surface area contributed by atoms with Gasteiger partial charge in [-0.3, -0.25) is 14.1 Å². The van der Waals surface area contributed by atoms with E-state index in [1.165, 1.54) is 16.1 Å². The quantitative estimate of drug-likeness (QED) is 0.531. The van der Waals surface area contributed by atoms with Gasteiger partial charge < -0.3 is 0 Å². The van der Waals surface area contributed by atoms with Crippen molar-refractivity contribution < 1.29 is 0 Å². The van der Waals surface area contributed by atoms with Crippen LogP contribution in [0.5, 0.6) is 0 Å². The first kappa shape index (κ1) is 17.5. The van der Waals surface area contributed by atoms with Crippen LogP contribution in [0, 0.1) is 6.92 Å². The Morgan fingerprint density at radius 2 is 2.07 bits per heavy atom. The first-order valence-electron chi connectivity index (χ1n) is 9.72. The van der Waals surface area contributed by atoms with Crippen molar-refractivity contribution in [2.75, 3.05) is 13.1 Å². The average molecular weight is 391 g/mol. The zero-order chi connectivity index (χ0) is 19.1. The fourth-order valence-electron chi connectivity index (χ4n) is 4.03. The number of nitrogens with zero attached hydrogens (tertiary/aromatic N) is 4. The van der Waals surface area contributed by atoms with E-state index in [9.17, 15) is 4.79 Å². The van der Waals surface area contributed by atoms with Gasteiger partial charge in [-0.2, -0.15) is 0 Å². The Hall–Kier alpha value is -2.57. The van der Waals surface area contributed by atoms with E-state index in [0.717, 1.165) is 41.9 Å². The topological polar surface area (TPSA) is 50.5 Å². The molecule has 5 rings (SSSR count). The monoisotopic (exact) mass is 390 g/mol. The SMILES string of the molecule is Cc1ccn2c(=O)cc(CN3CCCC(c4nc5ccccc5s4)C3)nc2c1. The predicted octanol–water partition coefficient (Wildman–Crippen LogP) is 3.99. The van der Waals surface area contributed by atoms with Crippen LogP contribution >= 0.6 is 11.3 Å². The second-order valence-corrected chi connectivity index (χ2v) is 8.67. The fourth-order valence-corrected chi connectivity index (χ4v) is 5.12. The van der Waals surface area contributed by atoms with E-state index in [2.05, 4.69) is 23.1 Å². The summed E-state index contributed by atoms with van der Waals surface area (Å²) in [4.78, 5) is 24.4. The van der Waals surface area contributed by atoms with Crippen LogP contribution in [0.1, 0.15) is 35.0 Å². The molecule has 4 heterocycles. The minimum absolute atomic E-state index is 0.0141. The number of thiazole rings is 1. The number of aromatic nitrogens is 3. The third-order valence-electron chi connectivity index (χ3n) is 5.43. The van der Waals surface area contributed by atoms with Gasteiger partial charge in [-0.15, -0.1) is 11.3 Å². The zero-order valence-electron chi connectivity index (χ0n) is 15.8. The number of likely N-dealkylation sites (tertiary alicyclic amines) is 1. The van der Waals surface area contributed by atoms with Gasteiger partial charge in [0, 0.05) is 31.3 Å². The summed E-state index contributed by atoms with van der Waals surface area (Å²) in [5.41, 5.74) is 3.76. The average Bonchev–Trinajstić information content (AvgIpc) is 3.12. The van der Waals surface area contributed by atoms with Crippen molar-refractivity contribution in [3.63, 3.8) is 0 Å². The molecule has 6 heteroatoms. The lowest BCUT2D eigenvalue weighted by atomic mass is 9.98. The number of piperidine rings is 1. The van der Waals surface area contributed by atoms with Gasteiger partial charge in [-0.05, 0) is 56.1 Å². The highest BCUT2D eigenvalue weighted by Crippen LogP contribution is 2.33. The van der Waals surface area contributed by atoms with Crippen LogP contribution in [0.25, 0.3) is 15.9 Å². The van der Waals surface area contributed by atoms with Crippen molar-refractivity contribution in [3.05, 3.63) is 75.3 Å². The molecule has 3 aromatic heterocycles. The molecule has 0 N–H and O–H groups in total. The maximum absolute atomic E-state index is 12.4. The van der Waals surface area contributed by atoms with Gasteiger partial charge in [0.25, 0.3) is 5.56 Å². The Labute approximate surface area is 167 Å². The van der Waals surface area contributed by atoms with E-state index >= 15 is 0 Å². The molecule has 1 aromatic carbocycles. The highest BCUT2D eigenvalue weighted by atomic mass is 32.1. The first-order chi connectivity index (χ1) is 13.7. The van der Waals surface area contributed by atoms with E-state index in [1.54, 1.807) is 16.7 Å². The summed E-state index contributed by atoms with van der Waals surface area (Å²) in [6.45, 7) is 4.73. The third-order valence-corrected chi connectivity index (χ3v) is 6.63. The normalized spacial score (nSPS) is 18.1. The number of para-hydroxylation sites is 1. The number of hydrogen-bond acceptors (Lipinski definition) is 5. The van der Waals surface area contributed by atoms with Crippen LogP contribution in [0.3, 0.4) is 0 Å². The maximum atomic E-state index is 12.4. The molecule has 28 heavy (non-hydrogen) atoms. The van der Waals surface area contributed by atoms with Gasteiger partial charge >= 0.3 is 0 Å². The molecule has 142 valence electrons. The van der Waals surface area contributed by atoms with Crippen LogP contribution in [0.15, 0.2) is 53.5 Å². The highest BCUT2D eigenvalue weighted by Gasteiger charge is 2.24. The number of hydrogen-bond donors (Lipinski definition) is 0. The molecule has 0 aliphatic carbocycles. The Morgan fingerprint density at radius 3 is 2.96 bits per heavy atom. The van der Waals surface area contributed by atoms with Crippen LogP contribution in [-0.4, -0.2) is 32.4 Å². The maximum Gasteiger partial charge on any atom is 0.258 e. The van der Waals surface area contributed by atoms with E-state index in [1.807, 2.05) is 36.5 Å². The highest BCUT2D eigenvalue weighted by molar-refractivity contribution is 7.18. The van der Waals surface area contributed by atoms with Gasteiger partial charge in [-0.1, -0.05) is 12.1 Å². The largest absolute Gasteiger partial charge is 0.297 e. The minimum Gasteiger partial charge on any atom is -0.297 e. The van der Waals surface area contributed by atoms with Crippen molar-refractivity contribution in [3.8, 4) is 0 Å². The molecule has 1 saturated heterocycles. The number of aryl methyl sites for hydroxylation is 1. The molecule has 1 aliphatic rings. The van der Waals surface area contributed by atoms with E-state index < -0.39 is 0 Å². The lowest BCUT2D eigenvalue weighted by Gasteiger charge is -2.31. The van der Waals surface area contributed by atoms with E-state index in [-0.39, 0.29) is 5.56 Å². The fraction of sp³-hybridized carbons (Fsp3) is 0.318. The molecule has 0 saturated carbocycles. The smallest absolute Gasteiger partial charge is 0.258 e. The van der Waals surface area contributed by atoms with E-state index in [4.69, 9.17) is 9.97 Å². The van der Waals surface area contributed by atoms with Gasteiger partial charge in [0.05, 0.1) is 20.9 Å². The predicted molar refractivity (Wildman–Crippen MR) is 113 cm³/mol. The lowest BCUT2D eigenvalue weighted by molar-refractivity contribution is 0.198. The summed E-state index contributed by atoms with van der Waals surface area (Å²) in [5, 5.41) is 1.23. The molecule has 0 radical (unpaired) electrons.